The van der Waals surface area contributed by atoms with Gasteiger partial charge in [-0.1, -0.05) is 182 Å². The van der Waals surface area contributed by atoms with E-state index in [1.807, 2.05) is 18.2 Å². The van der Waals surface area contributed by atoms with Gasteiger partial charge < -0.3 is 9.47 Å². The number of para-hydroxylation sites is 2. The van der Waals surface area contributed by atoms with E-state index in [1.165, 1.54) is 21.9 Å². The topological polar surface area (TPSA) is 25.2 Å². The molecule has 3 nitrogen and oxygen atoms in total. The highest BCUT2D eigenvalue weighted by atomic mass is 16.1. The number of carbonyl (C=O) groups is 1. The molecular formula is C62H42N2O. The first-order chi connectivity index (χ1) is 32.2. The fourth-order valence-electron chi connectivity index (χ4n) is 10.3. The number of hydrogen-bond acceptors (Lipinski definition) is 2. The van der Waals surface area contributed by atoms with Crippen molar-refractivity contribution in [3.8, 4) is 27.9 Å². The largest absolute Gasteiger partial charge is 0.310 e. The van der Waals surface area contributed by atoms with E-state index in [0.717, 1.165) is 78.3 Å². The molecule has 1 aromatic heterocycles. The molecule has 1 aliphatic carbocycles. The van der Waals surface area contributed by atoms with Crippen LogP contribution in [-0.4, -0.2) is 10.4 Å². The predicted octanol–water partition coefficient (Wildman–Crippen LogP) is 15.5. The van der Waals surface area contributed by atoms with E-state index in [9.17, 15) is 4.79 Å². The molecule has 0 fully saturated rings. The van der Waals surface area contributed by atoms with Gasteiger partial charge in [0.05, 0.1) is 16.4 Å². The Labute approximate surface area is 378 Å². The summed E-state index contributed by atoms with van der Waals surface area (Å²) in [4.78, 5) is 16.7. The predicted molar refractivity (Wildman–Crippen MR) is 268 cm³/mol. The maximum atomic E-state index is 14.4. The standard InChI is InChI=1S/C62H42N2O/c65-61-53-28-16-17-29-57(53)62(47-20-8-2-9-21-47,48-22-10-3-11-23-48)58-41-46(32-37-54(58)61)44-30-34-51(35-31-44)64-59-38-33-45(43-18-6-1-7-19-43)40-55(59)56-42-52(36-39-60(56)64)63(49-24-12-4-13-25-49)50-26-14-5-15-27-50/h1-42H. The van der Waals surface area contributed by atoms with Crippen LogP contribution in [0.1, 0.15) is 38.2 Å². The van der Waals surface area contributed by atoms with Gasteiger partial charge in [-0.25, -0.2) is 0 Å². The zero-order valence-electron chi connectivity index (χ0n) is 35.6. The van der Waals surface area contributed by atoms with E-state index in [2.05, 4.69) is 246 Å². The van der Waals surface area contributed by atoms with Gasteiger partial charge in [-0.3, -0.25) is 4.79 Å². The zero-order chi connectivity index (χ0) is 43.3. The number of aromatic nitrogens is 1. The average molecular weight is 831 g/mol. The number of nitrogens with zero attached hydrogens (tertiary/aromatic N) is 2. The fourth-order valence-corrected chi connectivity index (χ4v) is 10.3. The van der Waals surface area contributed by atoms with Crippen molar-refractivity contribution in [1.82, 2.24) is 4.57 Å². The summed E-state index contributed by atoms with van der Waals surface area (Å²) in [5, 5.41) is 2.36. The molecule has 3 heteroatoms. The van der Waals surface area contributed by atoms with E-state index in [-0.39, 0.29) is 5.78 Å². The van der Waals surface area contributed by atoms with E-state index < -0.39 is 5.41 Å². The molecule has 65 heavy (non-hydrogen) atoms. The van der Waals surface area contributed by atoms with Gasteiger partial charge in [0.2, 0.25) is 0 Å². The number of carbonyl (C=O) groups excluding carboxylic acids is 1. The summed E-state index contributed by atoms with van der Waals surface area (Å²) in [5.74, 6) is 0.0561. The van der Waals surface area contributed by atoms with E-state index in [0.29, 0.717) is 0 Å². The molecule has 0 aliphatic heterocycles. The molecule has 0 saturated heterocycles. The summed E-state index contributed by atoms with van der Waals surface area (Å²) in [6, 6.07) is 90.2. The molecule has 0 bridgehead atoms. The Kier molecular flexibility index (Phi) is 9.20. The second-order valence-electron chi connectivity index (χ2n) is 16.8. The first kappa shape index (κ1) is 38.2. The van der Waals surface area contributed by atoms with Crippen LogP contribution in [0.5, 0.6) is 0 Å². The van der Waals surface area contributed by atoms with Crippen LogP contribution in [0, 0.1) is 0 Å². The highest BCUT2D eigenvalue weighted by Gasteiger charge is 2.46. The van der Waals surface area contributed by atoms with Gasteiger partial charge in [0.25, 0.3) is 0 Å². The minimum atomic E-state index is -0.699. The normalized spacial score (nSPS) is 12.8. The van der Waals surface area contributed by atoms with Crippen molar-refractivity contribution in [2.45, 2.75) is 5.41 Å². The molecule has 1 heterocycles. The van der Waals surface area contributed by atoms with Crippen LogP contribution >= 0.6 is 0 Å². The average Bonchev–Trinajstić information content (AvgIpc) is 3.71. The van der Waals surface area contributed by atoms with Gasteiger partial charge in [0, 0.05) is 44.6 Å². The molecule has 11 aromatic rings. The molecule has 0 N–H and O–H groups in total. The number of hydrogen-bond donors (Lipinski definition) is 0. The van der Waals surface area contributed by atoms with Crippen molar-refractivity contribution in [3.63, 3.8) is 0 Å². The molecule has 12 rings (SSSR count). The molecule has 0 saturated carbocycles. The molecule has 0 unspecified atom stereocenters. The number of rotatable bonds is 8. The highest BCUT2D eigenvalue weighted by molar-refractivity contribution is 6.15. The zero-order valence-corrected chi connectivity index (χ0v) is 35.6. The van der Waals surface area contributed by atoms with Gasteiger partial charge in [-0.2, -0.15) is 0 Å². The lowest BCUT2D eigenvalue weighted by atomic mass is 9.59. The highest BCUT2D eigenvalue weighted by Crippen LogP contribution is 2.51. The van der Waals surface area contributed by atoms with E-state index >= 15 is 0 Å². The minimum Gasteiger partial charge on any atom is -0.310 e. The quantitative estimate of drug-likeness (QED) is 0.152. The second-order valence-corrected chi connectivity index (χ2v) is 16.8. The summed E-state index contributed by atoms with van der Waals surface area (Å²) >= 11 is 0. The lowest BCUT2D eigenvalue weighted by Gasteiger charge is -2.42. The Morgan fingerprint density at radius 3 is 1.43 bits per heavy atom. The van der Waals surface area contributed by atoms with Gasteiger partial charge in [0.15, 0.2) is 5.78 Å². The molecule has 0 atom stereocenters. The van der Waals surface area contributed by atoms with Gasteiger partial charge in [-0.15, -0.1) is 0 Å². The summed E-state index contributed by atoms with van der Waals surface area (Å²) < 4.78 is 2.39. The number of fused-ring (bicyclic) bond motifs is 5. The van der Waals surface area contributed by atoms with Crippen LogP contribution in [0.15, 0.2) is 255 Å². The molecule has 0 spiro atoms. The van der Waals surface area contributed by atoms with Gasteiger partial charge in [-0.05, 0) is 117 Å². The van der Waals surface area contributed by atoms with Crippen LogP contribution in [0.3, 0.4) is 0 Å². The van der Waals surface area contributed by atoms with Crippen molar-refractivity contribution in [2.75, 3.05) is 4.90 Å². The van der Waals surface area contributed by atoms with Crippen molar-refractivity contribution < 1.29 is 4.79 Å². The third-order valence-electron chi connectivity index (χ3n) is 13.3. The van der Waals surface area contributed by atoms with E-state index in [4.69, 9.17) is 0 Å². The van der Waals surface area contributed by atoms with Crippen LogP contribution in [-0.2, 0) is 5.41 Å². The Morgan fingerprint density at radius 1 is 0.338 bits per heavy atom. The minimum absolute atomic E-state index is 0.0561. The van der Waals surface area contributed by atoms with Gasteiger partial charge in [0.1, 0.15) is 0 Å². The first-order valence-corrected chi connectivity index (χ1v) is 22.2. The maximum Gasteiger partial charge on any atom is 0.193 e. The number of benzene rings is 10. The van der Waals surface area contributed by atoms with Crippen molar-refractivity contribution in [3.05, 3.63) is 288 Å². The first-order valence-electron chi connectivity index (χ1n) is 22.2. The maximum absolute atomic E-state index is 14.4. The smallest absolute Gasteiger partial charge is 0.193 e. The van der Waals surface area contributed by atoms with Gasteiger partial charge >= 0.3 is 0 Å². The monoisotopic (exact) mass is 830 g/mol. The number of anilines is 3. The lowest BCUT2D eigenvalue weighted by Crippen LogP contribution is -2.38. The molecule has 10 aromatic carbocycles. The summed E-state index contributed by atoms with van der Waals surface area (Å²) in [5.41, 5.74) is 16.1. The molecule has 1 aliphatic rings. The van der Waals surface area contributed by atoms with Crippen molar-refractivity contribution in [1.29, 1.82) is 0 Å². The Morgan fingerprint density at radius 2 is 0.800 bits per heavy atom. The van der Waals surface area contributed by atoms with Crippen LogP contribution in [0.2, 0.25) is 0 Å². The Hall–Kier alpha value is -8.53. The molecule has 0 radical (unpaired) electrons. The number of ketones is 1. The van der Waals surface area contributed by atoms with Crippen LogP contribution < -0.4 is 4.90 Å². The molecule has 0 amide bonds. The second kappa shape index (κ2) is 15.7. The van der Waals surface area contributed by atoms with Crippen molar-refractivity contribution in [2.24, 2.45) is 0 Å². The summed E-state index contributed by atoms with van der Waals surface area (Å²) in [7, 11) is 0. The summed E-state index contributed by atoms with van der Waals surface area (Å²) in [6.45, 7) is 0. The Balaban J connectivity index is 1.02. The van der Waals surface area contributed by atoms with Crippen LogP contribution in [0.4, 0.5) is 17.1 Å². The molecule has 306 valence electrons. The van der Waals surface area contributed by atoms with Crippen molar-refractivity contribution >= 4 is 44.7 Å². The third kappa shape index (κ3) is 6.24. The van der Waals surface area contributed by atoms with E-state index in [1.54, 1.807) is 0 Å². The lowest BCUT2D eigenvalue weighted by molar-refractivity contribution is 0.103. The fraction of sp³-hybridized carbons (Fsp3) is 0.0161. The Bertz CT molecular complexity index is 3450. The molecular weight excluding hydrogens is 789 g/mol. The SMILES string of the molecule is O=C1c2ccccc2C(c2ccccc2)(c2ccccc2)c2cc(-c3ccc(-n4c5ccc(-c6ccccc6)cc5c5cc(N(c6ccccc6)c6ccccc6)ccc54)cc3)ccc21. The van der Waals surface area contributed by atoms with Crippen LogP contribution in [0.25, 0.3) is 49.7 Å². The summed E-state index contributed by atoms with van der Waals surface area (Å²) in [6.07, 6.45) is 0. The third-order valence-corrected chi connectivity index (χ3v) is 13.3.